The highest BCUT2D eigenvalue weighted by atomic mass is 16.6. The van der Waals surface area contributed by atoms with E-state index in [1.807, 2.05) is 0 Å². The molecule has 39 heavy (non-hydrogen) atoms. The lowest BCUT2D eigenvalue weighted by Crippen LogP contribution is -2.15. The Morgan fingerprint density at radius 1 is 0.359 bits per heavy atom. The van der Waals surface area contributed by atoms with Gasteiger partial charge in [0.15, 0.2) is 0 Å². The number of hydrogen-bond acceptors (Lipinski definition) is 10. The summed E-state index contributed by atoms with van der Waals surface area (Å²) in [7, 11) is 0. The Morgan fingerprint density at radius 3 is 0.974 bits per heavy atom. The molecule has 0 radical (unpaired) electrons. The van der Waals surface area contributed by atoms with Crippen LogP contribution >= 0.6 is 0 Å². The van der Waals surface area contributed by atoms with Crippen molar-refractivity contribution in [2.24, 2.45) is 0 Å². The summed E-state index contributed by atoms with van der Waals surface area (Å²) >= 11 is 0. The molecule has 0 fully saturated rings. The molecule has 0 aromatic carbocycles. The third kappa shape index (κ3) is 32.8. The predicted octanol–water partition coefficient (Wildman–Crippen LogP) is 4.50. The highest BCUT2D eigenvalue weighted by Crippen LogP contribution is 2.07. The van der Waals surface area contributed by atoms with Gasteiger partial charge in [0.2, 0.25) is 0 Å². The average Bonchev–Trinajstić information content (AvgIpc) is 2.93. The number of ether oxygens (including phenoxy) is 8. The van der Waals surface area contributed by atoms with Gasteiger partial charge < -0.3 is 37.9 Å². The molecule has 0 bridgehead atoms. The summed E-state index contributed by atoms with van der Waals surface area (Å²) in [6.07, 6.45) is 10.9. The van der Waals surface area contributed by atoms with Crippen molar-refractivity contribution in [1.29, 1.82) is 0 Å². The van der Waals surface area contributed by atoms with Crippen LogP contribution in [-0.4, -0.2) is 104 Å². The van der Waals surface area contributed by atoms with E-state index in [2.05, 4.69) is 13.8 Å². The van der Waals surface area contributed by atoms with Gasteiger partial charge in [0.05, 0.1) is 79.3 Å². The molecule has 10 heteroatoms. The Kier molecular flexibility index (Phi) is 31.8. The largest absolute Gasteiger partial charge is 0.463 e. The molecule has 0 spiro atoms. The van der Waals surface area contributed by atoms with E-state index >= 15 is 0 Å². The van der Waals surface area contributed by atoms with E-state index in [9.17, 15) is 9.59 Å². The third-order valence-corrected chi connectivity index (χ3v) is 5.56. The molecule has 0 N–H and O–H groups in total. The van der Waals surface area contributed by atoms with E-state index in [1.54, 1.807) is 0 Å². The van der Waals surface area contributed by atoms with E-state index in [1.165, 1.54) is 25.7 Å². The minimum atomic E-state index is -0.159. The molecule has 0 amide bonds. The maximum absolute atomic E-state index is 11.6. The topological polar surface area (TPSA) is 108 Å². The fourth-order valence-electron chi connectivity index (χ4n) is 3.34. The van der Waals surface area contributed by atoms with Crippen LogP contribution in [0.1, 0.15) is 84.5 Å². The van der Waals surface area contributed by atoms with Crippen LogP contribution in [0.25, 0.3) is 0 Å². The van der Waals surface area contributed by atoms with Crippen molar-refractivity contribution in [3.8, 4) is 0 Å². The molecule has 0 aromatic heterocycles. The van der Waals surface area contributed by atoms with Crippen molar-refractivity contribution >= 4 is 11.9 Å². The van der Waals surface area contributed by atoms with Crippen LogP contribution in [0.3, 0.4) is 0 Å². The lowest BCUT2D eigenvalue weighted by molar-refractivity contribution is -0.146. The first-order valence-electron chi connectivity index (χ1n) is 15.0. The molecule has 0 saturated heterocycles. The molecule has 0 rings (SSSR count). The second-order valence-corrected chi connectivity index (χ2v) is 9.09. The van der Waals surface area contributed by atoms with E-state index in [4.69, 9.17) is 37.9 Å². The van der Waals surface area contributed by atoms with Crippen molar-refractivity contribution in [3.05, 3.63) is 0 Å². The number of rotatable bonds is 32. The van der Waals surface area contributed by atoms with Gasteiger partial charge in [-0.15, -0.1) is 0 Å². The van der Waals surface area contributed by atoms with E-state index < -0.39 is 0 Å². The zero-order valence-electron chi connectivity index (χ0n) is 24.8. The smallest absolute Gasteiger partial charge is 0.305 e. The molecule has 0 unspecified atom stereocenters. The lowest BCUT2D eigenvalue weighted by Gasteiger charge is -2.09. The molecule has 0 aliphatic heterocycles. The maximum atomic E-state index is 11.6. The summed E-state index contributed by atoms with van der Waals surface area (Å²) in [6, 6.07) is 0. The van der Waals surface area contributed by atoms with Gasteiger partial charge in [0.25, 0.3) is 0 Å². The van der Waals surface area contributed by atoms with Gasteiger partial charge in [-0.25, -0.2) is 0 Å². The summed E-state index contributed by atoms with van der Waals surface area (Å²) in [5.41, 5.74) is 0. The SMILES string of the molecule is CCCCCCCCC(=O)OCCOCCOCCOCCOCCOCCOCCOC(=O)CCCCC. The van der Waals surface area contributed by atoms with Gasteiger partial charge >= 0.3 is 11.9 Å². The van der Waals surface area contributed by atoms with Crippen LogP contribution in [0.15, 0.2) is 0 Å². The second kappa shape index (κ2) is 32.9. The van der Waals surface area contributed by atoms with Gasteiger partial charge in [-0.2, -0.15) is 0 Å². The molecule has 0 aliphatic carbocycles. The standard InChI is InChI=1S/C29H56O10/c1-3-5-7-8-9-11-13-29(31)39-27-25-37-23-21-35-19-17-33-15-14-32-16-18-34-20-22-36-24-26-38-28(30)12-10-6-4-2/h3-27H2,1-2H3. The van der Waals surface area contributed by atoms with E-state index in [0.29, 0.717) is 92.1 Å². The minimum absolute atomic E-state index is 0.144. The van der Waals surface area contributed by atoms with Gasteiger partial charge in [-0.1, -0.05) is 58.8 Å². The highest BCUT2D eigenvalue weighted by Gasteiger charge is 2.03. The quantitative estimate of drug-likeness (QED) is 0.0856. The molecule has 10 nitrogen and oxygen atoms in total. The summed E-state index contributed by atoms with van der Waals surface area (Å²) in [4.78, 5) is 23.1. The Labute approximate surface area is 236 Å². The Bertz CT molecular complexity index is 518. The van der Waals surface area contributed by atoms with Crippen LogP contribution in [0.2, 0.25) is 0 Å². The first-order chi connectivity index (χ1) is 19.2. The highest BCUT2D eigenvalue weighted by molar-refractivity contribution is 5.69. The molecule has 232 valence electrons. The van der Waals surface area contributed by atoms with Crippen LogP contribution in [0.5, 0.6) is 0 Å². The normalized spacial score (nSPS) is 11.1. The average molecular weight is 565 g/mol. The molecule has 0 saturated carbocycles. The molecular weight excluding hydrogens is 508 g/mol. The number of unbranched alkanes of at least 4 members (excludes halogenated alkanes) is 7. The minimum Gasteiger partial charge on any atom is -0.463 e. The van der Waals surface area contributed by atoms with Crippen molar-refractivity contribution in [1.82, 2.24) is 0 Å². The first-order valence-corrected chi connectivity index (χ1v) is 15.0. The van der Waals surface area contributed by atoms with Crippen LogP contribution in [0, 0.1) is 0 Å². The van der Waals surface area contributed by atoms with Crippen molar-refractivity contribution < 1.29 is 47.5 Å². The summed E-state index contributed by atoms with van der Waals surface area (Å²) < 4.78 is 42.8. The second-order valence-electron chi connectivity index (χ2n) is 9.09. The third-order valence-electron chi connectivity index (χ3n) is 5.56. The Balaban J connectivity index is 3.14. The maximum Gasteiger partial charge on any atom is 0.305 e. The molecule has 0 aliphatic rings. The van der Waals surface area contributed by atoms with E-state index in [0.717, 1.165) is 32.1 Å². The van der Waals surface area contributed by atoms with Gasteiger partial charge in [-0.05, 0) is 12.8 Å². The summed E-state index contributed by atoms with van der Waals surface area (Å²) in [6.45, 7) is 10.4. The number of carbonyl (C=O) groups is 2. The number of carbonyl (C=O) groups excluding carboxylic acids is 2. The van der Waals surface area contributed by atoms with Gasteiger partial charge in [0.1, 0.15) is 13.2 Å². The summed E-state index contributed by atoms with van der Waals surface area (Å²) in [5, 5.41) is 0. The fraction of sp³-hybridized carbons (Fsp3) is 0.931. The molecular formula is C29H56O10. The molecule has 0 atom stereocenters. The zero-order chi connectivity index (χ0) is 28.5. The monoisotopic (exact) mass is 564 g/mol. The first kappa shape index (κ1) is 37.7. The van der Waals surface area contributed by atoms with Gasteiger partial charge in [-0.3, -0.25) is 9.59 Å². The van der Waals surface area contributed by atoms with Crippen LogP contribution in [0.4, 0.5) is 0 Å². The number of esters is 2. The van der Waals surface area contributed by atoms with Crippen molar-refractivity contribution in [3.63, 3.8) is 0 Å². The van der Waals surface area contributed by atoms with Crippen molar-refractivity contribution in [2.45, 2.75) is 84.5 Å². The number of hydrogen-bond donors (Lipinski definition) is 0. The molecule has 0 aromatic rings. The van der Waals surface area contributed by atoms with Crippen LogP contribution < -0.4 is 0 Å². The van der Waals surface area contributed by atoms with Crippen LogP contribution in [-0.2, 0) is 47.5 Å². The summed E-state index contributed by atoms with van der Waals surface area (Å²) in [5.74, 6) is -0.303. The van der Waals surface area contributed by atoms with Crippen molar-refractivity contribution in [2.75, 3.05) is 92.5 Å². The fourth-order valence-corrected chi connectivity index (χ4v) is 3.34. The zero-order valence-corrected chi connectivity index (χ0v) is 24.8. The predicted molar refractivity (Wildman–Crippen MR) is 149 cm³/mol. The molecule has 0 heterocycles. The van der Waals surface area contributed by atoms with E-state index in [-0.39, 0.29) is 25.2 Å². The van der Waals surface area contributed by atoms with Gasteiger partial charge in [0, 0.05) is 12.8 Å². The Morgan fingerprint density at radius 2 is 0.615 bits per heavy atom. The Hall–Kier alpha value is -1.30. The lowest BCUT2D eigenvalue weighted by atomic mass is 10.1.